The van der Waals surface area contributed by atoms with Crippen molar-refractivity contribution in [2.75, 3.05) is 17.6 Å². The van der Waals surface area contributed by atoms with Crippen LogP contribution < -0.4 is 11.1 Å². The minimum Gasteiger partial charge on any atom is -0.398 e. The third-order valence-corrected chi connectivity index (χ3v) is 3.18. The van der Waals surface area contributed by atoms with Crippen molar-refractivity contribution in [2.45, 2.75) is 19.5 Å². The molecule has 112 valence electrons. The van der Waals surface area contributed by atoms with Crippen LogP contribution in [0, 0.1) is 6.92 Å². The van der Waals surface area contributed by atoms with Gasteiger partial charge in [-0.1, -0.05) is 29.8 Å². The molecule has 0 spiro atoms. The van der Waals surface area contributed by atoms with Crippen molar-refractivity contribution in [1.82, 2.24) is 0 Å². The monoisotopic (exact) mass is 294 g/mol. The van der Waals surface area contributed by atoms with Crippen molar-refractivity contribution in [3.8, 4) is 0 Å². The molecule has 0 saturated heterocycles. The molecule has 2 nitrogen and oxygen atoms in total. The molecule has 0 amide bonds. The number of nitrogens with one attached hydrogen (secondary N) is 1. The second-order valence-corrected chi connectivity index (χ2v) is 4.97. The van der Waals surface area contributed by atoms with Gasteiger partial charge in [0.15, 0.2) is 0 Å². The molecule has 5 heteroatoms. The first-order valence-electron chi connectivity index (χ1n) is 6.62. The third-order valence-electron chi connectivity index (χ3n) is 3.18. The predicted octanol–water partition coefficient (Wildman–Crippen LogP) is 4.25. The Kier molecular flexibility index (Phi) is 4.40. The summed E-state index contributed by atoms with van der Waals surface area (Å²) in [5, 5.41) is 3.00. The Bertz CT molecular complexity index is 621. The summed E-state index contributed by atoms with van der Waals surface area (Å²) < 4.78 is 38.3. The van der Waals surface area contributed by atoms with E-state index in [4.69, 9.17) is 5.73 Å². The van der Waals surface area contributed by atoms with Crippen molar-refractivity contribution in [3.63, 3.8) is 0 Å². The molecule has 21 heavy (non-hydrogen) atoms. The average Bonchev–Trinajstić information content (AvgIpc) is 2.39. The van der Waals surface area contributed by atoms with Crippen LogP contribution in [0.25, 0.3) is 0 Å². The average molecular weight is 294 g/mol. The highest BCUT2D eigenvalue weighted by Gasteiger charge is 2.33. The first-order valence-corrected chi connectivity index (χ1v) is 6.62. The summed E-state index contributed by atoms with van der Waals surface area (Å²) in [5.41, 5.74) is 7.04. The Balaban J connectivity index is 2.01. The van der Waals surface area contributed by atoms with Crippen LogP contribution in [-0.4, -0.2) is 6.54 Å². The summed E-state index contributed by atoms with van der Waals surface area (Å²) >= 11 is 0. The summed E-state index contributed by atoms with van der Waals surface area (Å²) in [7, 11) is 0. The maximum absolute atomic E-state index is 12.8. The molecule has 2 aromatic carbocycles. The van der Waals surface area contributed by atoms with E-state index < -0.39 is 11.7 Å². The van der Waals surface area contributed by atoms with Gasteiger partial charge in [0, 0.05) is 17.9 Å². The number of anilines is 2. The molecule has 0 fully saturated rings. The van der Waals surface area contributed by atoms with E-state index >= 15 is 0 Å². The maximum atomic E-state index is 12.8. The first kappa shape index (κ1) is 15.2. The van der Waals surface area contributed by atoms with Crippen LogP contribution in [-0.2, 0) is 12.6 Å². The van der Waals surface area contributed by atoms with E-state index in [1.54, 1.807) is 6.07 Å². The van der Waals surface area contributed by atoms with E-state index in [0.29, 0.717) is 12.2 Å². The lowest BCUT2D eigenvalue weighted by Gasteiger charge is -2.13. The summed E-state index contributed by atoms with van der Waals surface area (Å²) in [6.07, 6.45) is -3.69. The molecule has 0 aliphatic rings. The van der Waals surface area contributed by atoms with Crippen LogP contribution in [0.2, 0.25) is 0 Å². The molecule has 2 aromatic rings. The number of hydrogen-bond donors (Lipinski definition) is 2. The van der Waals surface area contributed by atoms with E-state index in [0.717, 1.165) is 18.1 Å². The van der Waals surface area contributed by atoms with Crippen LogP contribution in [0.5, 0.6) is 0 Å². The van der Waals surface area contributed by atoms with Crippen LogP contribution >= 0.6 is 0 Å². The van der Waals surface area contributed by atoms with Crippen LogP contribution in [0.15, 0.2) is 42.5 Å². The minimum absolute atomic E-state index is 0.258. The topological polar surface area (TPSA) is 38.0 Å². The zero-order valence-corrected chi connectivity index (χ0v) is 11.7. The Morgan fingerprint density at radius 1 is 1.10 bits per heavy atom. The van der Waals surface area contributed by atoms with Gasteiger partial charge >= 0.3 is 6.18 Å². The normalized spacial score (nSPS) is 11.4. The molecule has 2 rings (SSSR count). The number of nitrogens with two attached hydrogens (primary N) is 1. The van der Waals surface area contributed by atoms with E-state index in [2.05, 4.69) is 11.4 Å². The standard InChI is InChI=1S/C16H17F3N2/c1-11-3-2-4-12(9-11)7-8-21-13-5-6-15(20)14(10-13)16(17,18)19/h2-6,9-10,21H,7-8,20H2,1H3. The predicted molar refractivity (Wildman–Crippen MR) is 79.2 cm³/mol. The Morgan fingerprint density at radius 2 is 1.86 bits per heavy atom. The zero-order valence-electron chi connectivity index (χ0n) is 11.7. The molecule has 0 radical (unpaired) electrons. The lowest BCUT2D eigenvalue weighted by Crippen LogP contribution is -2.11. The number of halogens is 3. The van der Waals surface area contributed by atoms with Gasteiger partial charge in [0.05, 0.1) is 5.56 Å². The van der Waals surface area contributed by atoms with Gasteiger partial charge in [-0.25, -0.2) is 0 Å². The van der Waals surface area contributed by atoms with Gasteiger partial charge in [-0.15, -0.1) is 0 Å². The van der Waals surface area contributed by atoms with Crippen molar-refractivity contribution in [3.05, 3.63) is 59.2 Å². The van der Waals surface area contributed by atoms with E-state index in [1.165, 1.54) is 11.6 Å². The summed E-state index contributed by atoms with van der Waals surface area (Å²) in [6.45, 7) is 2.57. The molecule has 0 aliphatic carbocycles. The van der Waals surface area contributed by atoms with Gasteiger partial charge in [0.1, 0.15) is 0 Å². The molecule has 0 bridgehead atoms. The Hall–Kier alpha value is -2.17. The molecular weight excluding hydrogens is 277 g/mol. The molecule has 0 aliphatic heterocycles. The highest BCUT2D eigenvalue weighted by Crippen LogP contribution is 2.35. The number of nitrogen functional groups attached to an aromatic ring is 1. The van der Waals surface area contributed by atoms with E-state index in [9.17, 15) is 13.2 Å². The molecular formula is C16H17F3N2. The number of benzene rings is 2. The SMILES string of the molecule is Cc1cccc(CCNc2ccc(N)c(C(F)(F)F)c2)c1. The molecule has 0 aromatic heterocycles. The van der Waals surface area contributed by atoms with Crippen LogP contribution in [0.1, 0.15) is 16.7 Å². The highest BCUT2D eigenvalue weighted by molar-refractivity contribution is 5.58. The Morgan fingerprint density at radius 3 is 2.52 bits per heavy atom. The van der Waals surface area contributed by atoms with Crippen molar-refractivity contribution < 1.29 is 13.2 Å². The molecule has 0 unspecified atom stereocenters. The molecule has 0 saturated carbocycles. The fourth-order valence-electron chi connectivity index (χ4n) is 2.13. The third kappa shape index (κ3) is 4.15. The summed E-state index contributed by atoms with van der Waals surface area (Å²) in [4.78, 5) is 0. The van der Waals surface area contributed by atoms with Crippen molar-refractivity contribution in [1.29, 1.82) is 0 Å². The number of aryl methyl sites for hydroxylation is 1. The Labute approximate surface area is 121 Å². The van der Waals surface area contributed by atoms with Gasteiger partial charge in [-0.3, -0.25) is 0 Å². The number of rotatable bonds is 4. The first-order chi connectivity index (χ1) is 9.86. The smallest absolute Gasteiger partial charge is 0.398 e. The lowest BCUT2D eigenvalue weighted by molar-refractivity contribution is -0.136. The lowest BCUT2D eigenvalue weighted by atomic mass is 10.1. The van der Waals surface area contributed by atoms with Gasteiger partial charge in [0.25, 0.3) is 0 Å². The maximum Gasteiger partial charge on any atom is 0.418 e. The van der Waals surface area contributed by atoms with Crippen LogP contribution in [0.4, 0.5) is 24.5 Å². The molecule has 0 heterocycles. The second kappa shape index (κ2) is 6.08. The number of alkyl halides is 3. The summed E-state index contributed by atoms with van der Waals surface area (Å²) in [6, 6.07) is 11.9. The fraction of sp³-hybridized carbons (Fsp3) is 0.250. The summed E-state index contributed by atoms with van der Waals surface area (Å²) in [5.74, 6) is 0. The van der Waals surface area contributed by atoms with E-state index in [-0.39, 0.29) is 5.69 Å². The number of hydrogen-bond acceptors (Lipinski definition) is 2. The molecule has 3 N–H and O–H groups in total. The quantitative estimate of drug-likeness (QED) is 0.827. The zero-order chi connectivity index (χ0) is 15.5. The fourth-order valence-corrected chi connectivity index (χ4v) is 2.13. The van der Waals surface area contributed by atoms with Crippen LogP contribution in [0.3, 0.4) is 0 Å². The van der Waals surface area contributed by atoms with Gasteiger partial charge in [-0.2, -0.15) is 13.2 Å². The largest absolute Gasteiger partial charge is 0.418 e. The van der Waals surface area contributed by atoms with Gasteiger partial charge in [0.2, 0.25) is 0 Å². The minimum atomic E-state index is -4.43. The molecule has 0 atom stereocenters. The van der Waals surface area contributed by atoms with Gasteiger partial charge in [-0.05, 0) is 37.1 Å². The van der Waals surface area contributed by atoms with Crippen molar-refractivity contribution in [2.24, 2.45) is 0 Å². The van der Waals surface area contributed by atoms with E-state index in [1.807, 2.05) is 25.1 Å². The highest BCUT2D eigenvalue weighted by atomic mass is 19.4. The van der Waals surface area contributed by atoms with Crippen molar-refractivity contribution >= 4 is 11.4 Å². The second-order valence-electron chi connectivity index (χ2n) is 4.97. The van der Waals surface area contributed by atoms with Gasteiger partial charge < -0.3 is 11.1 Å².